The van der Waals surface area contributed by atoms with Gasteiger partial charge in [-0.05, 0) is 55.3 Å². The largest absolute Gasteiger partial charge is 0.352 e. The number of ketones is 1. The summed E-state index contributed by atoms with van der Waals surface area (Å²) in [5, 5.41) is 5.93. The third-order valence-corrected chi connectivity index (χ3v) is 4.18. The summed E-state index contributed by atoms with van der Waals surface area (Å²) in [5.74, 6) is 0.0631. The second kappa shape index (κ2) is 8.90. The fraction of sp³-hybridized carbons (Fsp3) is 0.136. The van der Waals surface area contributed by atoms with Gasteiger partial charge >= 0.3 is 0 Å². The van der Waals surface area contributed by atoms with E-state index in [2.05, 4.69) is 15.6 Å². The van der Waals surface area contributed by atoms with Crippen LogP contribution in [0.15, 0.2) is 66.9 Å². The summed E-state index contributed by atoms with van der Waals surface area (Å²) in [6.45, 7) is 1.96. The number of anilines is 2. The molecule has 0 atom stereocenters. The number of hydrogen-bond donors (Lipinski definition) is 2. The average molecular weight is 377 g/mol. The van der Waals surface area contributed by atoms with E-state index in [0.29, 0.717) is 29.9 Å². The summed E-state index contributed by atoms with van der Waals surface area (Å²) in [6, 6.07) is 16.7. The van der Waals surface area contributed by atoms with Gasteiger partial charge in [0.1, 0.15) is 11.6 Å². The molecule has 1 aromatic heterocycles. The number of rotatable bonds is 7. The van der Waals surface area contributed by atoms with Gasteiger partial charge < -0.3 is 10.6 Å². The highest BCUT2D eigenvalue weighted by molar-refractivity contribution is 5.95. The Balaban J connectivity index is 1.54. The van der Waals surface area contributed by atoms with Gasteiger partial charge in [0.15, 0.2) is 5.78 Å². The number of halogens is 1. The third kappa shape index (κ3) is 5.23. The first-order valence-electron chi connectivity index (χ1n) is 8.88. The highest BCUT2D eigenvalue weighted by Crippen LogP contribution is 2.16. The van der Waals surface area contributed by atoms with E-state index in [9.17, 15) is 14.0 Å². The molecule has 2 aromatic carbocycles. The summed E-state index contributed by atoms with van der Waals surface area (Å²) in [5.41, 5.74) is 2.76. The Morgan fingerprint density at radius 2 is 1.79 bits per heavy atom. The van der Waals surface area contributed by atoms with Crippen LogP contribution in [0.25, 0.3) is 0 Å². The van der Waals surface area contributed by atoms with E-state index in [0.717, 1.165) is 11.3 Å². The van der Waals surface area contributed by atoms with Crippen molar-refractivity contribution in [2.75, 3.05) is 11.9 Å². The second-order valence-electron chi connectivity index (χ2n) is 6.33. The lowest BCUT2D eigenvalue weighted by Crippen LogP contribution is -2.25. The van der Waals surface area contributed by atoms with E-state index < -0.39 is 0 Å². The molecule has 2 N–H and O–H groups in total. The van der Waals surface area contributed by atoms with Gasteiger partial charge in [0.25, 0.3) is 5.91 Å². The molecule has 6 heteroatoms. The minimum absolute atomic E-state index is 0.00994. The molecular formula is C22H20FN3O2. The Morgan fingerprint density at radius 1 is 1.00 bits per heavy atom. The fourth-order valence-electron chi connectivity index (χ4n) is 2.64. The zero-order valence-electron chi connectivity index (χ0n) is 15.4. The van der Waals surface area contributed by atoms with Gasteiger partial charge in [-0.15, -0.1) is 0 Å². The van der Waals surface area contributed by atoms with Crippen LogP contribution in [0.5, 0.6) is 0 Å². The van der Waals surface area contributed by atoms with Crippen molar-refractivity contribution in [3.63, 3.8) is 0 Å². The Kier molecular flexibility index (Phi) is 6.11. The maximum Gasteiger partial charge on any atom is 0.252 e. The van der Waals surface area contributed by atoms with Crippen LogP contribution in [-0.2, 0) is 6.42 Å². The van der Waals surface area contributed by atoms with Crippen molar-refractivity contribution in [1.82, 2.24) is 10.3 Å². The molecule has 3 rings (SSSR count). The highest BCUT2D eigenvalue weighted by atomic mass is 19.1. The molecule has 0 saturated heterocycles. The summed E-state index contributed by atoms with van der Waals surface area (Å²) in [4.78, 5) is 27.9. The molecule has 0 aliphatic carbocycles. The first-order valence-corrected chi connectivity index (χ1v) is 8.88. The first-order chi connectivity index (χ1) is 13.5. The predicted octanol–water partition coefficient (Wildman–Crippen LogP) is 4.14. The molecule has 3 aromatic rings. The summed E-state index contributed by atoms with van der Waals surface area (Å²) < 4.78 is 12.9. The highest BCUT2D eigenvalue weighted by Gasteiger charge is 2.07. The standard InChI is InChI=1S/C22H20FN3O2/c1-15(27)17-3-2-4-20(13-17)26-21-10-7-18(14-25-21)22(28)24-12-11-16-5-8-19(23)9-6-16/h2-10,13-14H,11-12H2,1H3,(H,24,28)(H,25,26). The van der Waals surface area contributed by atoms with Crippen molar-refractivity contribution in [3.8, 4) is 0 Å². The number of carbonyl (C=O) groups is 2. The molecule has 0 spiro atoms. The van der Waals surface area contributed by atoms with Crippen LogP contribution in [0.2, 0.25) is 0 Å². The fourth-order valence-corrected chi connectivity index (χ4v) is 2.64. The van der Waals surface area contributed by atoms with E-state index >= 15 is 0 Å². The molecule has 1 heterocycles. The van der Waals surface area contributed by atoms with Crippen molar-refractivity contribution >= 4 is 23.2 Å². The maximum atomic E-state index is 12.9. The average Bonchev–Trinajstić information content (AvgIpc) is 2.70. The predicted molar refractivity (Wildman–Crippen MR) is 106 cm³/mol. The molecule has 28 heavy (non-hydrogen) atoms. The minimum atomic E-state index is -0.277. The van der Waals surface area contributed by atoms with Crippen molar-refractivity contribution in [3.05, 3.63) is 89.4 Å². The lowest BCUT2D eigenvalue weighted by Gasteiger charge is -2.08. The number of pyridine rings is 1. The van der Waals surface area contributed by atoms with Gasteiger partial charge in [-0.25, -0.2) is 9.37 Å². The molecule has 1 amide bonds. The number of aromatic nitrogens is 1. The third-order valence-electron chi connectivity index (χ3n) is 4.18. The van der Waals surface area contributed by atoms with E-state index in [1.165, 1.54) is 25.3 Å². The minimum Gasteiger partial charge on any atom is -0.352 e. The van der Waals surface area contributed by atoms with Gasteiger partial charge in [-0.3, -0.25) is 9.59 Å². The van der Waals surface area contributed by atoms with Crippen molar-refractivity contribution < 1.29 is 14.0 Å². The molecule has 0 aliphatic rings. The van der Waals surface area contributed by atoms with Crippen LogP contribution in [-0.4, -0.2) is 23.2 Å². The smallest absolute Gasteiger partial charge is 0.252 e. The van der Waals surface area contributed by atoms with E-state index in [-0.39, 0.29) is 17.5 Å². The molecule has 142 valence electrons. The van der Waals surface area contributed by atoms with Crippen LogP contribution in [0.4, 0.5) is 15.9 Å². The molecule has 5 nitrogen and oxygen atoms in total. The lowest BCUT2D eigenvalue weighted by atomic mass is 10.1. The van der Waals surface area contributed by atoms with Gasteiger partial charge in [0.2, 0.25) is 0 Å². The number of hydrogen-bond acceptors (Lipinski definition) is 4. The summed E-state index contributed by atoms with van der Waals surface area (Å²) in [7, 11) is 0. The SMILES string of the molecule is CC(=O)c1cccc(Nc2ccc(C(=O)NCCc3ccc(F)cc3)cn2)c1. The molecule has 0 saturated carbocycles. The van der Waals surface area contributed by atoms with Crippen LogP contribution in [0.1, 0.15) is 33.2 Å². The second-order valence-corrected chi connectivity index (χ2v) is 6.33. The molecular weight excluding hydrogens is 357 g/mol. The lowest BCUT2D eigenvalue weighted by molar-refractivity contribution is 0.0952. The Hall–Kier alpha value is -3.54. The van der Waals surface area contributed by atoms with Gasteiger partial charge in [-0.1, -0.05) is 24.3 Å². The van der Waals surface area contributed by atoms with Gasteiger partial charge in [0, 0.05) is 24.0 Å². The molecule has 0 aliphatic heterocycles. The molecule has 0 radical (unpaired) electrons. The zero-order valence-corrected chi connectivity index (χ0v) is 15.4. The van der Waals surface area contributed by atoms with Crippen molar-refractivity contribution in [2.24, 2.45) is 0 Å². The van der Waals surface area contributed by atoms with E-state index in [1.807, 2.05) is 6.07 Å². The van der Waals surface area contributed by atoms with E-state index in [4.69, 9.17) is 0 Å². The Labute approximate surface area is 162 Å². The normalized spacial score (nSPS) is 10.4. The molecule has 0 fully saturated rings. The summed E-state index contributed by atoms with van der Waals surface area (Å²) in [6.07, 6.45) is 2.11. The molecule has 0 bridgehead atoms. The Morgan fingerprint density at radius 3 is 2.46 bits per heavy atom. The van der Waals surface area contributed by atoms with E-state index in [1.54, 1.807) is 42.5 Å². The number of amides is 1. The number of nitrogens with zero attached hydrogens (tertiary/aromatic N) is 1. The van der Waals surface area contributed by atoms with Crippen molar-refractivity contribution in [1.29, 1.82) is 0 Å². The number of carbonyl (C=O) groups excluding carboxylic acids is 2. The number of nitrogens with one attached hydrogen (secondary N) is 2. The quantitative estimate of drug-likeness (QED) is 0.607. The monoisotopic (exact) mass is 377 g/mol. The maximum absolute atomic E-state index is 12.9. The van der Waals surface area contributed by atoms with Crippen LogP contribution in [0.3, 0.4) is 0 Å². The summed E-state index contributed by atoms with van der Waals surface area (Å²) >= 11 is 0. The topological polar surface area (TPSA) is 71.1 Å². The van der Waals surface area contributed by atoms with Crippen molar-refractivity contribution in [2.45, 2.75) is 13.3 Å². The van der Waals surface area contributed by atoms with Crippen LogP contribution in [0, 0.1) is 5.82 Å². The Bertz CT molecular complexity index is 970. The van der Waals surface area contributed by atoms with Gasteiger partial charge in [-0.2, -0.15) is 0 Å². The van der Waals surface area contributed by atoms with Crippen LogP contribution >= 0.6 is 0 Å². The number of benzene rings is 2. The van der Waals surface area contributed by atoms with Crippen LogP contribution < -0.4 is 10.6 Å². The first kappa shape index (κ1) is 19.2. The zero-order chi connectivity index (χ0) is 19.9. The molecule has 0 unspecified atom stereocenters. The number of Topliss-reactive ketones (excluding diaryl/α,β-unsaturated/α-hetero) is 1. The van der Waals surface area contributed by atoms with Gasteiger partial charge in [0.05, 0.1) is 5.56 Å².